The fourth-order valence-corrected chi connectivity index (χ4v) is 1.93. The molecule has 1 aromatic carbocycles. The number of rotatable bonds is 5. The number of aryl methyl sites for hydroxylation is 1. The molecule has 0 spiro atoms. The van der Waals surface area contributed by atoms with Crippen molar-refractivity contribution in [2.24, 2.45) is 5.18 Å². The van der Waals surface area contributed by atoms with Gasteiger partial charge in [0.25, 0.3) is 0 Å². The minimum atomic E-state index is -0.702. The van der Waals surface area contributed by atoms with E-state index in [0.717, 1.165) is 0 Å². The molecule has 8 heteroatoms. The first-order chi connectivity index (χ1) is 10.9. The lowest BCUT2D eigenvalue weighted by atomic mass is 10.2. The molecule has 0 saturated carbocycles. The predicted octanol–water partition coefficient (Wildman–Crippen LogP) is 3.82. The van der Waals surface area contributed by atoms with Crippen molar-refractivity contribution in [1.82, 2.24) is 15.1 Å². The summed E-state index contributed by atoms with van der Waals surface area (Å²) in [5, 5.41) is 9.57. The number of hydrogen-bond acceptors (Lipinski definition) is 5. The van der Waals surface area contributed by atoms with Crippen LogP contribution < -0.4 is 10.1 Å². The maximum atomic E-state index is 12.6. The van der Waals surface area contributed by atoms with E-state index in [0.29, 0.717) is 11.3 Å². The highest BCUT2D eigenvalue weighted by Gasteiger charge is 2.15. The van der Waals surface area contributed by atoms with Gasteiger partial charge in [0, 0.05) is 12.1 Å². The third-order valence-electron chi connectivity index (χ3n) is 2.96. The van der Waals surface area contributed by atoms with Crippen LogP contribution >= 0.6 is 0 Å². The van der Waals surface area contributed by atoms with Crippen LogP contribution in [0.1, 0.15) is 25.1 Å². The van der Waals surface area contributed by atoms with Crippen LogP contribution in [0.25, 0.3) is 0 Å². The molecule has 0 saturated heterocycles. The molecule has 2 rings (SSSR count). The van der Waals surface area contributed by atoms with E-state index < -0.39 is 6.67 Å². The summed E-state index contributed by atoms with van der Waals surface area (Å²) in [6.07, 6.45) is 0. The highest BCUT2D eigenvalue weighted by Crippen LogP contribution is 2.32. The van der Waals surface area contributed by atoms with Gasteiger partial charge < -0.3 is 10.1 Å². The summed E-state index contributed by atoms with van der Waals surface area (Å²) >= 11 is 0. The van der Waals surface area contributed by atoms with Gasteiger partial charge in [0.1, 0.15) is 6.67 Å². The summed E-state index contributed by atoms with van der Waals surface area (Å²) in [7, 11) is 0. The second kappa shape index (κ2) is 6.99. The fraction of sp³-hybridized carbons (Fsp3) is 0.333. The lowest BCUT2D eigenvalue weighted by Crippen LogP contribution is -2.35. The molecule has 1 N–H and O–H groups in total. The predicted molar refractivity (Wildman–Crippen MR) is 82.8 cm³/mol. The first-order valence-corrected chi connectivity index (χ1v) is 7.02. The molecule has 122 valence electrons. The van der Waals surface area contributed by atoms with Gasteiger partial charge >= 0.3 is 6.03 Å². The number of hydrogen-bond donors (Lipinski definition) is 1. The van der Waals surface area contributed by atoms with Crippen LogP contribution in [0.5, 0.6) is 11.6 Å². The number of benzene rings is 1. The van der Waals surface area contributed by atoms with E-state index in [1.165, 1.54) is 22.9 Å². The minimum Gasteiger partial charge on any atom is -0.435 e. The standard InChI is InChI=1S/C15H17FN4O3/c1-9(2)17-15(21)20-10(3)6-14(18-20)23-13-5-4-11(8-16)7-12(13)19-22/h4-7,9H,8H2,1-3H3,(H,17,21). The summed E-state index contributed by atoms with van der Waals surface area (Å²) in [6.45, 7) is 4.67. The van der Waals surface area contributed by atoms with E-state index in [2.05, 4.69) is 15.6 Å². The lowest BCUT2D eigenvalue weighted by molar-refractivity contribution is 0.236. The fourth-order valence-electron chi connectivity index (χ4n) is 1.93. The van der Waals surface area contributed by atoms with E-state index in [1.807, 2.05) is 13.8 Å². The van der Waals surface area contributed by atoms with Gasteiger partial charge in [-0.25, -0.2) is 9.18 Å². The largest absolute Gasteiger partial charge is 0.435 e. The molecule has 7 nitrogen and oxygen atoms in total. The second-order valence-electron chi connectivity index (χ2n) is 5.27. The lowest BCUT2D eigenvalue weighted by Gasteiger charge is -2.08. The van der Waals surface area contributed by atoms with Crippen LogP contribution in [0.15, 0.2) is 29.4 Å². The van der Waals surface area contributed by atoms with Crippen LogP contribution in [-0.4, -0.2) is 21.9 Å². The highest BCUT2D eigenvalue weighted by atomic mass is 19.1. The number of ether oxygens (including phenoxy) is 1. The highest BCUT2D eigenvalue weighted by molar-refractivity contribution is 5.77. The van der Waals surface area contributed by atoms with E-state index in [4.69, 9.17) is 4.74 Å². The Morgan fingerprint density at radius 3 is 2.78 bits per heavy atom. The van der Waals surface area contributed by atoms with E-state index in [9.17, 15) is 14.1 Å². The smallest absolute Gasteiger partial charge is 0.342 e. The number of aromatic nitrogens is 2. The molecule has 1 amide bonds. The Bertz CT molecular complexity index is 728. The Morgan fingerprint density at radius 2 is 2.17 bits per heavy atom. The molecule has 0 radical (unpaired) electrons. The zero-order valence-electron chi connectivity index (χ0n) is 13.0. The van der Waals surface area contributed by atoms with Gasteiger partial charge in [-0.3, -0.25) is 0 Å². The number of halogens is 1. The molecule has 0 unspecified atom stereocenters. The van der Waals surface area contributed by atoms with Gasteiger partial charge in [0.05, 0.1) is 5.69 Å². The topological polar surface area (TPSA) is 85.6 Å². The van der Waals surface area contributed by atoms with Crippen LogP contribution in [0.3, 0.4) is 0 Å². The van der Waals surface area contributed by atoms with Crippen molar-refractivity contribution in [2.75, 3.05) is 0 Å². The molecular weight excluding hydrogens is 303 g/mol. The van der Waals surface area contributed by atoms with Crippen molar-refractivity contribution in [3.8, 4) is 11.6 Å². The molecule has 23 heavy (non-hydrogen) atoms. The molecule has 0 atom stereocenters. The monoisotopic (exact) mass is 320 g/mol. The Labute approximate surface area is 132 Å². The number of carbonyl (C=O) groups is 1. The molecule has 0 aliphatic rings. The number of nitrogens with zero attached hydrogens (tertiary/aromatic N) is 3. The van der Waals surface area contributed by atoms with Crippen molar-refractivity contribution in [1.29, 1.82) is 0 Å². The van der Waals surface area contributed by atoms with E-state index in [1.54, 1.807) is 13.0 Å². The van der Waals surface area contributed by atoms with Gasteiger partial charge in [-0.05, 0) is 43.6 Å². The first kappa shape index (κ1) is 16.6. The molecule has 1 heterocycles. The Balaban J connectivity index is 2.24. The van der Waals surface area contributed by atoms with Crippen LogP contribution in [0.4, 0.5) is 14.9 Å². The van der Waals surface area contributed by atoms with Crippen molar-refractivity contribution >= 4 is 11.7 Å². The minimum absolute atomic E-state index is 0.0287. The van der Waals surface area contributed by atoms with Crippen LogP contribution in [0, 0.1) is 11.8 Å². The normalized spacial score (nSPS) is 10.7. The number of nitroso groups, excluding NO2 is 1. The third-order valence-corrected chi connectivity index (χ3v) is 2.96. The van der Waals surface area contributed by atoms with Gasteiger partial charge in [-0.15, -0.1) is 10.0 Å². The van der Waals surface area contributed by atoms with Crippen molar-refractivity contribution in [2.45, 2.75) is 33.5 Å². The Morgan fingerprint density at radius 1 is 1.43 bits per heavy atom. The molecule has 0 fully saturated rings. The summed E-state index contributed by atoms with van der Waals surface area (Å²) < 4.78 is 19.3. The Hall–Kier alpha value is -2.77. The van der Waals surface area contributed by atoms with Gasteiger partial charge in [-0.1, -0.05) is 6.07 Å². The second-order valence-corrected chi connectivity index (χ2v) is 5.27. The summed E-state index contributed by atoms with van der Waals surface area (Å²) in [6, 6.07) is 5.37. The van der Waals surface area contributed by atoms with Crippen LogP contribution in [0.2, 0.25) is 0 Å². The Kier molecular flexibility index (Phi) is 5.05. The zero-order valence-corrected chi connectivity index (χ0v) is 13.0. The average Bonchev–Trinajstić information content (AvgIpc) is 2.87. The van der Waals surface area contributed by atoms with E-state index >= 15 is 0 Å². The number of nitrogens with one attached hydrogen (secondary N) is 1. The molecule has 0 bridgehead atoms. The number of amides is 1. The summed E-state index contributed by atoms with van der Waals surface area (Å²) in [5.74, 6) is 0.283. The molecule has 1 aromatic heterocycles. The van der Waals surface area contributed by atoms with Crippen molar-refractivity contribution < 1.29 is 13.9 Å². The quantitative estimate of drug-likeness (QED) is 0.849. The SMILES string of the molecule is Cc1cc(Oc2ccc(CF)cc2N=O)nn1C(=O)NC(C)C. The molecular formula is C15H17FN4O3. The molecule has 2 aromatic rings. The summed E-state index contributed by atoms with van der Waals surface area (Å²) in [4.78, 5) is 22.8. The molecule has 0 aliphatic heterocycles. The van der Waals surface area contributed by atoms with Gasteiger partial charge in [0.2, 0.25) is 5.88 Å². The van der Waals surface area contributed by atoms with Crippen molar-refractivity contribution in [3.63, 3.8) is 0 Å². The maximum Gasteiger partial charge on any atom is 0.342 e. The third kappa shape index (κ3) is 3.91. The first-order valence-electron chi connectivity index (χ1n) is 7.02. The van der Waals surface area contributed by atoms with E-state index in [-0.39, 0.29) is 29.4 Å². The summed E-state index contributed by atoms with van der Waals surface area (Å²) in [5.41, 5.74) is 0.864. The number of alkyl halides is 1. The van der Waals surface area contributed by atoms with Crippen molar-refractivity contribution in [3.05, 3.63) is 40.4 Å². The average molecular weight is 320 g/mol. The number of carbonyl (C=O) groups excluding carboxylic acids is 1. The molecule has 0 aliphatic carbocycles. The van der Waals surface area contributed by atoms with Gasteiger partial charge in [-0.2, -0.15) is 4.68 Å². The van der Waals surface area contributed by atoms with Gasteiger partial charge in [0.15, 0.2) is 11.4 Å². The maximum absolute atomic E-state index is 12.6. The van der Waals surface area contributed by atoms with Crippen LogP contribution in [-0.2, 0) is 6.67 Å². The zero-order chi connectivity index (χ0) is 17.0.